The number of ether oxygens (including phenoxy) is 6. The first-order valence-electron chi connectivity index (χ1n) is 22.6. The van der Waals surface area contributed by atoms with Crippen LogP contribution in [0.3, 0.4) is 0 Å². The molecule has 0 radical (unpaired) electrons. The highest BCUT2D eigenvalue weighted by Gasteiger charge is 2.49. The van der Waals surface area contributed by atoms with Crippen LogP contribution in [0.5, 0.6) is 5.75 Å². The number of aliphatic hydroxyl groups is 5. The predicted octanol–water partition coefficient (Wildman–Crippen LogP) is -1.90. The number of benzene rings is 2. The molecule has 0 saturated carbocycles. The van der Waals surface area contributed by atoms with Crippen LogP contribution in [0.25, 0.3) is 11.2 Å². The zero-order valence-electron chi connectivity index (χ0n) is 39.2. The molecule has 6 rings (SSSR count). The molecule has 11 N–H and O–H groups in total. The smallest absolute Gasteiger partial charge is 0.335 e. The number of nitrogens with two attached hydrogens (primary N) is 1. The summed E-state index contributed by atoms with van der Waals surface area (Å²) in [6.45, 7) is 2.02. The van der Waals surface area contributed by atoms with Crippen molar-refractivity contribution in [2.45, 2.75) is 95.4 Å². The first kappa shape index (κ1) is 58.6. The molecule has 27 nitrogen and oxygen atoms in total. The van der Waals surface area contributed by atoms with E-state index in [9.17, 15) is 58.2 Å². The van der Waals surface area contributed by atoms with Gasteiger partial charge in [0.2, 0.25) is 36.5 Å². The van der Waals surface area contributed by atoms with Crippen LogP contribution in [0, 0.1) is 12.3 Å². The first-order valence-corrected chi connectivity index (χ1v) is 24.1. The third-order valence-corrected chi connectivity index (χ3v) is 11.6. The lowest BCUT2D eigenvalue weighted by Gasteiger charge is -2.38. The number of aromatic nitrogens is 4. The maximum Gasteiger partial charge on any atom is 0.335 e. The molecular weight excluding hydrogens is 1000 g/mol. The largest absolute Gasteiger partial charge is 0.479 e. The Bertz CT molecular complexity index is 2720. The molecule has 2 aliphatic heterocycles. The van der Waals surface area contributed by atoms with Crippen molar-refractivity contribution in [3.63, 3.8) is 0 Å². The summed E-state index contributed by atoms with van der Waals surface area (Å²) in [4.78, 5) is 57.9. The average molecular weight is 1060 g/mol. The summed E-state index contributed by atoms with van der Waals surface area (Å²) in [5.41, 5.74) is 1.89. The standard InChI is InChI=1S/C45H56N8O19S.CH4/c1-3-26-5-4-6-28(19-26)50-41-34-42(53(24-48-34)43-38(60)35(57)31(70-43)22-69-73(46,64)65)52(23-49-41)21-27-7-8-30(71-45-39(61)36(58)37(59)40(72-45)44(62)63)29(20-27)51-33(56)9-12-47-32(55)11-14-67-16-18-68-17-15-66-13-10-25(2)54;/h1,4-8,19-20,23-24,31,35-40,43,45,57-61H,9-18,21-22H2,2H3,(H5,46,47,51,55,56,62,63,64,65);1H4/p+1/t31-,35-,36+,37+,38-,39-,40+,43-,45-;/m1./s1. The number of rotatable bonds is 27. The van der Waals surface area contributed by atoms with E-state index in [2.05, 4.69) is 36.0 Å². The Kier molecular flexibility index (Phi) is 21.6. The van der Waals surface area contributed by atoms with Crippen LogP contribution in [-0.2, 0) is 63.9 Å². The fourth-order valence-electron chi connectivity index (χ4n) is 7.41. The number of imidazole rings is 1. The van der Waals surface area contributed by atoms with Crippen molar-refractivity contribution in [2.75, 3.05) is 63.4 Å². The highest BCUT2D eigenvalue weighted by Crippen LogP contribution is 2.34. The Morgan fingerprint density at radius 1 is 0.865 bits per heavy atom. The maximum atomic E-state index is 13.5. The van der Waals surface area contributed by atoms with Crippen LogP contribution in [0.4, 0.5) is 17.2 Å². The highest BCUT2D eigenvalue weighted by molar-refractivity contribution is 7.84. The van der Waals surface area contributed by atoms with Crippen molar-refractivity contribution in [3.8, 4) is 18.1 Å². The Labute approximate surface area is 424 Å². The van der Waals surface area contributed by atoms with Crippen LogP contribution in [-0.4, -0.2) is 179 Å². The van der Waals surface area contributed by atoms with Gasteiger partial charge in [-0.1, -0.05) is 30.5 Å². The van der Waals surface area contributed by atoms with Gasteiger partial charge in [0.25, 0.3) is 5.65 Å². The molecule has 4 aromatic rings. The van der Waals surface area contributed by atoms with E-state index in [-0.39, 0.29) is 87.4 Å². The van der Waals surface area contributed by atoms with E-state index in [0.29, 0.717) is 43.1 Å². The van der Waals surface area contributed by atoms with Gasteiger partial charge in [0.1, 0.15) is 48.2 Å². The van der Waals surface area contributed by atoms with E-state index < -0.39 is 89.9 Å². The zero-order valence-corrected chi connectivity index (χ0v) is 40.0. The molecule has 2 amide bonds. The number of carbonyl (C=O) groups is 4. The summed E-state index contributed by atoms with van der Waals surface area (Å²) >= 11 is 0. The van der Waals surface area contributed by atoms with Gasteiger partial charge >= 0.3 is 16.3 Å². The van der Waals surface area contributed by atoms with E-state index in [1.807, 2.05) is 0 Å². The molecule has 0 spiro atoms. The lowest BCUT2D eigenvalue weighted by Crippen LogP contribution is -2.61. The fourth-order valence-corrected chi connectivity index (χ4v) is 7.73. The van der Waals surface area contributed by atoms with Crippen LogP contribution in [0.2, 0.25) is 0 Å². The average Bonchev–Trinajstić information content (AvgIpc) is 3.91. The number of carbonyl (C=O) groups excluding carboxylic acids is 3. The molecule has 0 aliphatic carbocycles. The first-order chi connectivity index (χ1) is 34.8. The Balaban J connectivity index is 0.0000101. The second kappa shape index (κ2) is 27.3. The molecule has 0 unspecified atom stereocenters. The minimum absolute atomic E-state index is 0. The van der Waals surface area contributed by atoms with E-state index in [4.69, 9.17) is 40.0 Å². The Morgan fingerprint density at radius 2 is 1.57 bits per heavy atom. The van der Waals surface area contributed by atoms with E-state index in [1.165, 1.54) is 42.3 Å². The minimum Gasteiger partial charge on any atom is -0.479 e. The van der Waals surface area contributed by atoms with Gasteiger partial charge in [-0.15, -0.1) is 6.42 Å². The van der Waals surface area contributed by atoms with Crippen LogP contribution in [0.15, 0.2) is 55.1 Å². The maximum absolute atomic E-state index is 13.5. The number of nitrogens with one attached hydrogen (secondary N) is 3. The van der Waals surface area contributed by atoms with Crippen molar-refractivity contribution in [2.24, 2.45) is 5.14 Å². The molecule has 2 fully saturated rings. The van der Waals surface area contributed by atoms with Crippen molar-refractivity contribution in [1.29, 1.82) is 0 Å². The molecule has 0 bridgehead atoms. The number of nitrogens with zero attached hydrogens (tertiary/aromatic N) is 4. The summed E-state index contributed by atoms with van der Waals surface area (Å²) < 4.78 is 63.9. The molecule has 4 heterocycles. The molecule has 74 heavy (non-hydrogen) atoms. The third-order valence-electron chi connectivity index (χ3n) is 11.1. The number of aliphatic carboxylic acids is 1. The molecule has 2 aromatic carbocycles. The number of hydrogen-bond donors (Lipinski definition) is 10. The van der Waals surface area contributed by atoms with E-state index in [1.54, 1.807) is 28.8 Å². The van der Waals surface area contributed by atoms with Crippen molar-refractivity contribution in [1.82, 2.24) is 19.9 Å². The lowest BCUT2D eigenvalue weighted by molar-refractivity contribution is -0.668. The van der Waals surface area contributed by atoms with Gasteiger partial charge < -0.3 is 75.0 Å². The molecule has 404 valence electrons. The van der Waals surface area contributed by atoms with Crippen molar-refractivity contribution >= 4 is 62.2 Å². The van der Waals surface area contributed by atoms with Crippen molar-refractivity contribution < 1.29 is 95.4 Å². The molecule has 28 heteroatoms. The predicted molar refractivity (Wildman–Crippen MR) is 256 cm³/mol. The molecular formula is C46H61N8O19S+. The van der Waals surface area contributed by atoms with Crippen LogP contribution >= 0.6 is 0 Å². The van der Waals surface area contributed by atoms with Crippen LogP contribution < -0.4 is 30.4 Å². The van der Waals surface area contributed by atoms with Gasteiger partial charge in [0.15, 0.2) is 17.9 Å². The quantitative estimate of drug-likeness (QED) is 0.0177. The number of fused-ring (bicyclic) bond motifs is 1. The molecule has 2 saturated heterocycles. The highest BCUT2D eigenvalue weighted by atomic mass is 32.2. The number of hydrogen-bond acceptors (Lipinski definition) is 21. The fraction of sp³-hybridized carbons (Fsp3) is 0.500. The number of terminal acetylenes is 1. The number of amides is 2. The second-order valence-electron chi connectivity index (χ2n) is 16.6. The zero-order chi connectivity index (χ0) is 52.8. The Hall–Kier alpha value is -6.30. The number of aliphatic hydroxyl groups excluding tert-OH is 5. The van der Waals surface area contributed by atoms with Crippen molar-refractivity contribution in [3.05, 3.63) is 66.2 Å². The monoisotopic (exact) mass is 1060 g/mol. The topological polar surface area (TPSA) is 385 Å². The lowest BCUT2D eigenvalue weighted by atomic mass is 9.99. The number of carboxylic acids is 1. The Morgan fingerprint density at radius 3 is 2.24 bits per heavy atom. The van der Waals surface area contributed by atoms with Gasteiger partial charge in [-0.3, -0.25) is 18.6 Å². The normalized spacial score (nSPS) is 22.6. The second-order valence-corrected chi connectivity index (χ2v) is 17.8. The molecule has 2 aromatic heterocycles. The molecule has 9 atom stereocenters. The number of ketones is 1. The van der Waals surface area contributed by atoms with Gasteiger partial charge in [-0.05, 0) is 42.8 Å². The minimum atomic E-state index is -4.45. The number of carboxylic acid groups (broad SMARTS) is 1. The summed E-state index contributed by atoms with van der Waals surface area (Å²) in [5, 5.41) is 76.6. The summed E-state index contributed by atoms with van der Waals surface area (Å²) in [7, 11) is -4.45. The molecule has 2 aliphatic rings. The SMILES string of the molecule is C.C#Cc1cccc(Nc2nc[n+](Cc3ccc(O[C@@H]4O[C@H](C(=O)O)[C@@H](O)[C@H](O)[C@H]4O)c(NC(=O)CCNC(=O)CCOCCOCCOCCC(C)=O)c3)c3c2ncn3[C@@H]2O[C@H](COS(N)(=O)=O)[C@@H](O)[C@H]2O)c1. The summed E-state index contributed by atoms with van der Waals surface area (Å²) in [5.74, 6) is -0.104. The number of Topliss-reactive ketones (excluding diaryl/α,β-unsaturated/α-hetero) is 1. The van der Waals surface area contributed by atoms with E-state index in [0.717, 1.165) is 0 Å². The summed E-state index contributed by atoms with van der Waals surface area (Å²) in [6.07, 6.45) is -7.55. The van der Waals surface area contributed by atoms with Gasteiger partial charge in [0.05, 0.1) is 58.5 Å². The summed E-state index contributed by atoms with van der Waals surface area (Å²) in [6, 6.07) is 11.2. The number of anilines is 3. The van der Waals surface area contributed by atoms with Crippen LogP contribution in [0.1, 0.15) is 51.0 Å². The van der Waals surface area contributed by atoms with Gasteiger partial charge in [-0.25, -0.2) is 24.1 Å². The van der Waals surface area contributed by atoms with E-state index >= 15 is 0 Å². The third kappa shape index (κ3) is 16.1. The van der Waals surface area contributed by atoms with Gasteiger partial charge in [0, 0.05) is 37.1 Å². The van der Waals surface area contributed by atoms with Gasteiger partial charge in [-0.2, -0.15) is 8.42 Å².